The van der Waals surface area contributed by atoms with Crippen LogP contribution in [-0.4, -0.2) is 0 Å². The van der Waals surface area contributed by atoms with E-state index in [0.717, 1.165) is 12.0 Å². The van der Waals surface area contributed by atoms with E-state index >= 15 is 0 Å². The molecule has 96 valence electrons. The third kappa shape index (κ3) is 2.54. The molecule has 2 heteroatoms. The molecule has 0 radical (unpaired) electrons. The van der Waals surface area contributed by atoms with Gasteiger partial charge in [0.05, 0.1) is 0 Å². The Morgan fingerprint density at radius 3 is 2.53 bits per heavy atom. The molecule has 0 aliphatic heterocycles. The summed E-state index contributed by atoms with van der Waals surface area (Å²) >= 11 is 1.77. The Kier molecular flexibility index (Phi) is 3.34. The maximum Gasteiger partial charge on any atom is 0.123 e. The molecule has 1 aromatic heterocycles. The second kappa shape index (κ2) is 5.14. The van der Waals surface area contributed by atoms with E-state index in [1.165, 1.54) is 39.1 Å². The third-order valence-electron chi connectivity index (χ3n) is 3.25. The molecule has 0 spiro atoms. The molecule has 0 aliphatic rings. The quantitative estimate of drug-likeness (QED) is 0.576. The zero-order chi connectivity index (χ0) is 13.2. The lowest BCUT2D eigenvalue weighted by Crippen LogP contribution is -1.80. The standard InChI is InChI=1S/C17H15FS/c1-2-3-12-4-5-14-11-17(19-16(14)10-12)13-6-8-15(18)9-7-13/h4-11H,2-3H2,1H3. The molecule has 2 aromatic carbocycles. The number of hydrogen-bond donors (Lipinski definition) is 0. The summed E-state index contributed by atoms with van der Waals surface area (Å²) in [7, 11) is 0. The molecule has 0 atom stereocenters. The molecular formula is C17H15FS. The van der Waals surface area contributed by atoms with Crippen molar-refractivity contribution in [3.63, 3.8) is 0 Å². The topological polar surface area (TPSA) is 0 Å². The minimum atomic E-state index is -0.185. The van der Waals surface area contributed by atoms with Crippen LogP contribution < -0.4 is 0 Å². The molecule has 0 saturated carbocycles. The fourth-order valence-corrected chi connectivity index (χ4v) is 3.41. The van der Waals surface area contributed by atoms with Crippen LogP contribution in [0.2, 0.25) is 0 Å². The minimum absolute atomic E-state index is 0.185. The lowest BCUT2D eigenvalue weighted by molar-refractivity contribution is 0.628. The highest BCUT2D eigenvalue weighted by Gasteiger charge is 2.05. The Labute approximate surface area is 116 Å². The molecule has 0 saturated heterocycles. The molecule has 1 heterocycles. The average Bonchev–Trinajstić information content (AvgIpc) is 2.83. The van der Waals surface area contributed by atoms with Crippen LogP contribution in [-0.2, 0) is 6.42 Å². The van der Waals surface area contributed by atoms with Crippen molar-refractivity contribution >= 4 is 21.4 Å². The van der Waals surface area contributed by atoms with Crippen LogP contribution in [0.5, 0.6) is 0 Å². The number of aryl methyl sites for hydroxylation is 1. The largest absolute Gasteiger partial charge is 0.207 e. The Hall–Kier alpha value is -1.67. The number of rotatable bonds is 3. The summed E-state index contributed by atoms with van der Waals surface area (Å²) in [6, 6.07) is 15.6. The first-order valence-electron chi connectivity index (χ1n) is 6.54. The fourth-order valence-electron chi connectivity index (χ4n) is 2.28. The molecule has 3 aromatic rings. The fraction of sp³-hybridized carbons (Fsp3) is 0.176. The number of halogens is 1. The number of thiophene rings is 1. The average molecular weight is 270 g/mol. The molecule has 0 bridgehead atoms. The van der Waals surface area contributed by atoms with Gasteiger partial charge in [0.15, 0.2) is 0 Å². The predicted molar refractivity (Wildman–Crippen MR) is 81.2 cm³/mol. The molecular weight excluding hydrogens is 255 g/mol. The van der Waals surface area contributed by atoms with E-state index in [2.05, 4.69) is 31.2 Å². The zero-order valence-electron chi connectivity index (χ0n) is 10.8. The van der Waals surface area contributed by atoms with Gasteiger partial charge >= 0.3 is 0 Å². The van der Waals surface area contributed by atoms with Crippen LogP contribution in [0.4, 0.5) is 4.39 Å². The number of benzene rings is 2. The van der Waals surface area contributed by atoms with Crippen molar-refractivity contribution in [2.24, 2.45) is 0 Å². The highest BCUT2D eigenvalue weighted by Crippen LogP contribution is 2.34. The lowest BCUT2D eigenvalue weighted by atomic mass is 10.1. The smallest absolute Gasteiger partial charge is 0.123 e. The minimum Gasteiger partial charge on any atom is -0.207 e. The van der Waals surface area contributed by atoms with E-state index < -0.39 is 0 Å². The first-order chi connectivity index (χ1) is 9.26. The van der Waals surface area contributed by atoms with Gasteiger partial charge in [-0.1, -0.05) is 37.6 Å². The maximum absolute atomic E-state index is 12.9. The van der Waals surface area contributed by atoms with E-state index in [9.17, 15) is 4.39 Å². The maximum atomic E-state index is 12.9. The van der Waals surface area contributed by atoms with Gasteiger partial charge in [0.1, 0.15) is 5.82 Å². The molecule has 0 amide bonds. The van der Waals surface area contributed by atoms with Gasteiger partial charge in [-0.15, -0.1) is 11.3 Å². The second-order valence-corrected chi connectivity index (χ2v) is 5.82. The normalized spacial score (nSPS) is 11.1. The zero-order valence-corrected chi connectivity index (χ0v) is 11.6. The Balaban J connectivity index is 2.03. The first-order valence-corrected chi connectivity index (χ1v) is 7.36. The molecule has 0 N–H and O–H groups in total. The monoisotopic (exact) mass is 270 g/mol. The summed E-state index contributed by atoms with van der Waals surface area (Å²) in [4.78, 5) is 1.20. The van der Waals surface area contributed by atoms with Crippen molar-refractivity contribution in [3.05, 3.63) is 59.9 Å². The highest BCUT2D eigenvalue weighted by atomic mass is 32.1. The molecule has 0 aliphatic carbocycles. The molecule has 19 heavy (non-hydrogen) atoms. The van der Waals surface area contributed by atoms with Gasteiger partial charge in [-0.2, -0.15) is 0 Å². The van der Waals surface area contributed by atoms with Gasteiger partial charge in [-0.05, 0) is 47.2 Å². The van der Waals surface area contributed by atoms with Crippen molar-refractivity contribution in [2.75, 3.05) is 0 Å². The lowest BCUT2D eigenvalue weighted by Gasteiger charge is -1.97. The summed E-state index contributed by atoms with van der Waals surface area (Å²) in [5.41, 5.74) is 2.47. The Bertz CT molecular complexity index is 695. The van der Waals surface area contributed by atoms with Crippen LogP contribution in [0.25, 0.3) is 20.5 Å². The van der Waals surface area contributed by atoms with Crippen molar-refractivity contribution in [1.29, 1.82) is 0 Å². The molecule has 0 nitrogen and oxygen atoms in total. The van der Waals surface area contributed by atoms with Gasteiger partial charge in [-0.3, -0.25) is 0 Å². The van der Waals surface area contributed by atoms with Gasteiger partial charge in [0.2, 0.25) is 0 Å². The Morgan fingerprint density at radius 2 is 1.79 bits per heavy atom. The van der Waals surface area contributed by atoms with Gasteiger partial charge in [0, 0.05) is 9.58 Å². The van der Waals surface area contributed by atoms with Gasteiger partial charge in [0.25, 0.3) is 0 Å². The summed E-state index contributed by atoms with van der Waals surface area (Å²) in [5, 5.41) is 1.27. The van der Waals surface area contributed by atoms with E-state index in [4.69, 9.17) is 0 Å². The molecule has 0 unspecified atom stereocenters. The van der Waals surface area contributed by atoms with E-state index in [0.29, 0.717) is 0 Å². The van der Waals surface area contributed by atoms with Crippen LogP contribution in [0.3, 0.4) is 0 Å². The van der Waals surface area contributed by atoms with Crippen LogP contribution in [0.15, 0.2) is 48.5 Å². The third-order valence-corrected chi connectivity index (χ3v) is 4.40. The summed E-state index contributed by atoms with van der Waals surface area (Å²) in [6.45, 7) is 2.20. The van der Waals surface area contributed by atoms with Crippen molar-refractivity contribution < 1.29 is 4.39 Å². The van der Waals surface area contributed by atoms with Gasteiger partial charge < -0.3 is 0 Å². The summed E-state index contributed by atoms with van der Waals surface area (Å²) in [5.74, 6) is -0.185. The van der Waals surface area contributed by atoms with Crippen molar-refractivity contribution in [2.45, 2.75) is 19.8 Å². The van der Waals surface area contributed by atoms with E-state index in [1.54, 1.807) is 11.3 Å². The number of fused-ring (bicyclic) bond motifs is 1. The second-order valence-electron chi connectivity index (χ2n) is 4.74. The highest BCUT2D eigenvalue weighted by molar-refractivity contribution is 7.22. The van der Waals surface area contributed by atoms with Crippen LogP contribution in [0, 0.1) is 5.82 Å². The van der Waals surface area contributed by atoms with Crippen molar-refractivity contribution in [1.82, 2.24) is 0 Å². The first kappa shape index (κ1) is 12.4. The summed E-state index contributed by atoms with van der Waals surface area (Å²) in [6.07, 6.45) is 2.29. The Morgan fingerprint density at radius 1 is 1.00 bits per heavy atom. The number of hydrogen-bond acceptors (Lipinski definition) is 1. The van der Waals surface area contributed by atoms with Crippen molar-refractivity contribution in [3.8, 4) is 10.4 Å². The van der Waals surface area contributed by atoms with E-state index in [1.807, 2.05) is 12.1 Å². The van der Waals surface area contributed by atoms with Gasteiger partial charge in [-0.25, -0.2) is 4.39 Å². The predicted octanol–water partition coefficient (Wildman–Crippen LogP) is 5.66. The van der Waals surface area contributed by atoms with Crippen LogP contribution in [0.1, 0.15) is 18.9 Å². The van der Waals surface area contributed by atoms with Crippen LogP contribution >= 0.6 is 11.3 Å². The molecule has 0 fully saturated rings. The summed E-state index contributed by atoms with van der Waals surface area (Å²) < 4.78 is 14.3. The SMILES string of the molecule is CCCc1ccc2cc(-c3ccc(F)cc3)sc2c1. The van der Waals surface area contributed by atoms with E-state index in [-0.39, 0.29) is 5.82 Å². The molecule has 3 rings (SSSR count).